The van der Waals surface area contributed by atoms with Gasteiger partial charge in [-0.25, -0.2) is 9.48 Å². The maximum absolute atomic E-state index is 16.8. The minimum atomic E-state index is -4.48. The molecule has 0 radical (unpaired) electrons. The number of amides is 3. The van der Waals surface area contributed by atoms with Crippen LogP contribution in [0.3, 0.4) is 0 Å². The van der Waals surface area contributed by atoms with E-state index in [1.807, 2.05) is 23.1 Å². The first kappa shape index (κ1) is 46.6. The second kappa shape index (κ2) is 19.0. The number of benzene rings is 3. The van der Waals surface area contributed by atoms with E-state index in [-0.39, 0.29) is 64.7 Å². The minimum Gasteiger partial charge on any atom is -0.461 e. The highest BCUT2D eigenvalue weighted by Gasteiger charge is 2.59. The van der Waals surface area contributed by atoms with E-state index in [9.17, 15) is 29.0 Å². The monoisotopic (exact) mass is 962 g/mol. The maximum atomic E-state index is 16.8. The molecule has 3 saturated heterocycles. The minimum absolute atomic E-state index is 0.00615. The van der Waals surface area contributed by atoms with Gasteiger partial charge in [0.15, 0.2) is 0 Å². The lowest BCUT2D eigenvalue weighted by Gasteiger charge is -2.46. The Morgan fingerprint density at radius 2 is 1.68 bits per heavy atom. The molecule has 3 aromatic carbocycles. The summed E-state index contributed by atoms with van der Waals surface area (Å²) in [6.07, 6.45) is 9.68. The molecule has 6 aliphatic rings. The number of likely N-dealkylation sites (tertiary alicyclic amines) is 1. The van der Waals surface area contributed by atoms with Crippen LogP contribution in [0, 0.1) is 17.2 Å². The van der Waals surface area contributed by atoms with Crippen LogP contribution >= 0.6 is 18.9 Å². The average molecular weight is 963 g/mol. The second-order valence-electron chi connectivity index (χ2n) is 20.2. The van der Waals surface area contributed by atoms with Crippen LogP contribution in [0.15, 0.2) is 84.9 Å². The van der Waals surface area contributed by atoms with E-state index in [0.717, 1.165) is 51.4 Å². The number of nitrogens with zero attached hydrogens (tertiary/aromatic N) is 4. The van der Waals surface area contributed by atoms with Crippen molar-refractivity contribution in [3.8, 4) is 11.8 Å². The fraction of sp³-hybridized carbons (Fsp3) is 0.519. The van der Waals surface area contributed by atoms with Gasteiger partial charge < -0.3 is 29.3 Å². The first-order valence-corrected chi connectivity index (χ1v) is 26.9. The highest BCUT2D eigenvalue weighted by atomic mass is 32.1. The van der Waals surface area contributed by atoms with Crippen molar-refractivity contribution >= 4 is 52.6 Å². The van der Waals surface area contributed by atoms with Crippen LogP contribution < -0.4 is 14.9 Å². The Hall–Kier alpha value is -5.13. The maximum Gasteiger partial charge on any atom is 0.355 e. The number of nitrogens with one attached hydrogen (secondary N) is 2. The fourth-order valence-corrected chi connectivity index (χ4v) is 14.2. The lowest BCUT2D eigenvalue weighted by molar-refractivity contribution is -0.154. The summed E-state index contributed by atoms with van der Waals surface area (Å²) in [7, 11) is -2.37. The number of carbonyl (C=O) groups is 4. The lowest BCUT2D eigenvalue weighted by atomic mass is 9.79. The van der Waals surface area contributed by atoms with E-state index in [0.29, 0.717) is 53.6 Å². The molecule has 2 unspecified atom stereocenters. The Morgan fingerprint density at radius 1 is 0.941 bits per heavy atom. The van der Waals surface area contributed by atoms with Gasteiger partial charge in [0.25, 0.3) is 5.91 Å². The van der Waals surface area contributed by atoms with Gasteiger partial charge in [-0.1, -0.05) is 54.6 Å². The van der Waals surface area contributed by atoms with Gasteiger partial charge in [0, 0.05) is 46.7 Å². The van der Waals surface area contributed by atoms with Crippen molar-refractivity contribution in [2.45, 2.75) is 150 Å². The van der Waals surface area contributed by atoms with Crippen LogP contribution in [-0.2, 0) is 23.7 Å². The number of carbonyl (C=O) groups excluding carboxylic acids is 4. The van der Waals surface area contributed by atoms with Crippen LogP contribution in [0.2, 0.25) is 0 Å². The molecule has 1 spiro atoms. The van der Waals surface area contributed by atoms with Gasteiger partial charge in [-0.15, -0.1) is 11.3 Å². The van der Waals surface area contributed by atoms with Gasteiger partial charge in [-0.2, -0.15) is 5.26 Å². The molecule has 68 heavy (non-hydrogen) atoms. The number of nitriles is 1. The smallest absolute Gasteiger partial charge is 0.355 e. The summed E-state index contributed by atoms with van der Waals surface area (Å²) in [6.45, 7) is 2.10. The Balaban J connectivity index is 0.886. The third-order valence-corrected chi connectivity index (χ3v) is 19.0. The second-order valence-corrected chi connectivity index (χ2v) is 23.3. The molecule has 4 aromatic rings. The number of rotatable bonds is 14. The topological polar surface area (TPSA) is 161 Å². The van der Waals surface area contributed by atoms with Gasteiger partial charge >= 0.3 is 13.5 Å². The van der Waals surface area contributed by atoms with E-state index >= 15 is 4.39 Å². The summed E-state index contributed by atoms with van der Waals surface area (Å²) < 4.78 is 43.4. The summed E-state index contributed by atoms with van der Waals surface area (Å²) in [5, 5.41) is 15.8. The number of para-hydroxylation sites is 1. The highest BCUT2D eigenvalue weighted by Crippen LogP contribution is 2.58. The zero-order valence-corrected chi connectivity index (χ0v) is 40.3. The van der Waals surface area contributed by atoms with Crippen molar-refractivity contribution < 1.29 is 37.4 Å². The largest absolute Gasteiger partial charge is 0.461 e. The lowest BCUT2D eigenvalue weighted by Crippen LogP contribution is -2.59. The molecule has 1 aromatic heterocycles. The van der Waals surface area contributed by atoms with E-state index in [2.05, 4.69) is 45.5 Å². The van der Waals surface area contributed by atoms with Crippen molar-refractivity contribution in [1.82, 2.24) is 25.1 Å². The first-order valence-electron chi connectivity index (χ1n) is 24.4. The van der Waals surface area contributed by atoms with Crippen LogP contribution in [-0.4, -0.2) is 99.9 Å². The third kappa shape index (κ3) is 9.22. The number of hydrogen-bond donors (Lipinski definition) is 2. The Labute approximate surface area is 401 Å². The molecule has 8 atom stereocenters. The zero-order chi connectivity index (χ0) is 47.3. The van der Waals surface area contributed by atoms with Crippen molar-refractivity contribution in [2.24, 2.45) is 5.92 Å². The van der Waals surface area contributed by atoms with Gasteiger partial charge in [0.1, 0.15) is 30.0 Å². The molecular formula is C52H60FN6O7PS. The number of thiophene rings is 1. The molecule has 4 heterocycles. The van der Waals surface area contributed by atoms with Crippen molar-refractivity contribution in [3.63, 3.8) is 0 Å². The number of hydrogen-bond acceptors (Lipinski definition) is 10. The molecule has 3 aliphatic carbocycles. The summed E-state index contributed by atoms with van der Waals surface area (Å²) in [5.74, 6) is -3.09. The van der Waals surface area contributed by atoms with Gasteiger partial charge in [0.2, 0.25) is 17.7 Å². The van der Waals surface area contributed by atoms with Crippen LogP contribution in [0.1, 0.15) is 123 Å². The quantitative estimate of drug-likeness (QED) is 0.0922. The Morgan fingerprint density at radius 3 is 2.37 bits per heavy atom. The van der Waals surface area contributed by atoms with E-state index in [4.69, 9.17) is 9.26 Å². The number of alkyl halides is 1. The molecule has 2 N–H and O–H groups in total. The SMILES string of the molecule is C[C@H](NP(=O)(Oc1ccccc1)[C@H](F)c1ccc2sc(C(=O)NC3CC[C@H](N(C)C4CC(C#N)C4)C[C@H]4CC[C@@H](C(=O)N5C[C@H](c6ccccc6)CC56CC6)N4C3=O)cc2c1)C(=O)OC1CCC1. The predicted molar refractivity (Wildman–Crippen MR) is 257 cm³/mol. The number of fused-ring (bicyclic) bond motifs is 2. The van der Waals surface area contributed by atoms with Gasteiger partial charge in [-0.05, 0) is 144 Å². The Bertz CT molecular complexity index is 2630. The number of esters is 1. The summed E-state index contributed by atoms with van der Waals surface area (Å²) >= 11 is 1.20. The molecule has 16 heteroatoms. The van der Waals surface area contributed by atoms with Crippen LogP contribution in [0.25, 0.3) is 10.1 Å². The molecule has 13 nitrogen and oxygen atoms in total. The molecule has 6 fully saturated rings. The molecule has 3 saturated carbocycles. The normalized spacial score (nSPS) is 28.3. The van der Waals surface area contributed by atoms with Crippen LogP contribution in [0.5, 0.6) is 5.75 Å². The molecule has 0 bridgehead atoms. The summed E-state index contributed by atoms with van der Waals surface area (Å²) in [6, 6.07) is 24.8. The standard InChI is InChI=1S/C52H60FN6O7PS/c1-32(51(63)65-41-14-9-15-41)56-67(64,66-42-12-7-4-8-13-42)47(53)35-16-21-45-36(26-35)27-46(68-45)48(60)55-43-19-17-38(57(2)40-24-33(25-40)30-54)28-39-18-20-44(59(39)49(43)61)50(62)58-31-37(29-52(58)22-23-52)34-10-5-3-6-11-34/h3-8,10-13,16,21,26-27,32-33,37-41,43-44,47H,9,14-15,17-20,22-25,28-29,31H2,1-2H3,(H,55,60)(H,56,64)/t32-,33?,37+,38-,39+,40?,43?,44-,47-,67?/m0/s1. The van der Waals surface area contributed by atoms with Crippen molar-refractivity contribution in [2.75, 3.05) is 13.6 Å². The van der Waals surface area contributed by atoms with Crippen molar-refractivity contribution in [3.05, 3.63) is 101 Å². The molecular weight excluding hydrogens is 903 g/mol. The van der Waals surface area contributed by atoms with E-state index < -0.39 is 43.4 Å². The molecule has 10 rings (SSSR count). The summed E-state index contributed by atoms with van der Waals surface area (Å²) in [4.78, 5) is 63.7. The van der Waals surface area contributed by atoms with Gasteiger partial charge in [0.05, 0.1) is 10.9 Å². The predicted octanol–water partition coefficient (Wildman–Crippen LogP) is 9.01. The fourth-order valence-electron chi connectivity index (χ4n) is 11.3. The molecule has 358 valence electrons. The molecule has 3 aliphatic heterocycles. The summed E-state index contributed by atoms with van der Waals surface area (Å²) in [5.41, 5.74) is 1.09. The molecule has 3 amide bonds. The third-order valence-electron chi connectivity index (χ3n) is 15.8. The Kier molecular flexibility index (Phi) is 13.0. The van der Waals surface area contributed by atoms with Gasteiger partial charge in [-0.3, -0.25) is 23.7 Å². The first-order chi connectivity index (χ1) is 32.8. The zero-order valence-electron chi connectivity index (χ0n) is 38.6. The van der Waals surface area contributed by atoms with E-state index in [1.165, 1.54) is 36.0 Å². The number of halogens is 1. The number of ether oxygens (including phenoxy) is 1. The average Bonchev–Trinajstić information content (AvgIpc) is 3.59. The van der Waals surface area contributed by atoms with Crippen molar-refractivity contribution in [1.29, 1.82) is 5.26 Å². The van der Waals surface area contributed by atoms with E-state index in [1.54, 1.807) is 42.5 Å². The van der Waals surface area contributed by atoms with Crippen LogP contribution in [0.4, 0.5) is 4.39 Å². The highest BCUT2D eigenvalue weighted by molar-refractivity contribution is 7.57.